The van der Waals surface area contributed by atoms with E-state index in [0.29, 0.717) is 29.4 Å². The van der Waals surface area contributed by atoms with Crippen LogP contribution in [0.2, 0.25) is 0 Å². The molecule has 150 valence electrons. The number of anilines is 1. The van der Waals surface area contributed by atoms with Crippen LogP contribution >= 0.6 is 0 Å². The third-order valence-corrected chi connectivity index (χ3v) is 5.16. The van der Waals surface area contributed by atoms with Crippen LogP contribution in [0.5, 0.6) is 17.2 Å². The Hall–Kier alpha value is -3.32. The third-order valence-electron chi connectivity index (χ3n) is 4.03. The molecule has 0 aliphatic carbocycles. The lowest BCUT2D eigenvalue weighted by Crippen LogP contribution is -2.12. The first-order valence-corrected chi connectivity index (χ1v) is 10.9. The van der Waals surface area contributed by atoms with E-state index in [0.717, 1.165) is 12.0 Å². The molecule has 0 spiro atoms. The molecule has 0 saturated carbocycles. The van der Waals surface area contributed by atoms with E-state index in [1.54, 1.807) is 24.3 Å². The van der Waals surface area contributed by atoms with E-state index in [9.17, 15) is 13.2 Å². The van der Waals surface area contributed by atoms with Crippen molar-refractivity contribution in [2.24, 2.45) is 0 Å². The van der Waals surface area contributed by atoms with Crippen LogP contribution in [0.3, 0.4) is 0 Å². The Morgan fingerprint density at radius 1 is 0.828 bits per heavy atom. The van der Waals surface area contributed by atoms with Crippen molar-refractivity contribution in [3.8, 4) is 17.2 Å². The summed E-state index contributed by atoms with van der Waals surface area (Å²) in [5.74, 6) is 1.76. The van der Waals surface area contributed by atoms with Gasteiger partial charge in [-0.05, 0) is 79.7 Å². The molecule has 0 heterocycles. The van der Waals surface area contributed by atoms with E-state index >= 15 is 0 Å². The van der Waals surface area contributed by atoms with Crippen molar-refractivity contribution in [1.82, 2.24) is 0 Å². The van der Waals surface area contributed by atoms with Crippen LogP contribution in [0.25, 0.3) is 0 Å². The molecule has 1 N–H and O–H groups in total. The molecule has 0 aliphatic heterocycles. The number of hydrogen-bond donors (Lipinski definition) is 1. The summed E-state index contributed by atoms with van der Waals surface area (Å²) in [6, 6.07) is 20.1. The zero-order valence-electron chi connectivity index (χ0n) is 16.1. The minimum Gasteiger partial charge on any atom is -0.494 e. The molecule has 29 heavy (non-hydrogen) atoms. The predicted octanol–water partition coefficient (Wildman–Crippen LogP) is 4.53. The number of ether oxygens (including phenoxy) is 2. The molecule has 3 rings (SSSR count). The number of carbonyl (C=O) groups is 1. The molecule has 0 radical (unpaired) electrons. The van der Waals surface area contributed by atoms with Crippen LogP contribution in [0.15, 0.2) is 77.7 Å². The van der Waals surface area contributed by atoms with Gasteiger partial charge >= 0.3 is 0 Å². The van der Waals surface area contributed by atoms with Crippen molar-refractivity contribution in [2.75, 3.05) is 18.2 Å². The molecule has 0 fully saturated rings. The predicted molar refractivity (Wildman–Crippen MR) is 112 cm³/mol. The van der Waals surface area contributed by atoms with Crippen molar-refractivity contribution in [2.45, 2.75) is 11.8 Å². The highest BCUT2D eigenvalue weighted by Gasteiger charge is 2.10. The summed E-state index contributed by atoms with van der Waals surface area (Å²) in [5, 5.41) is 2.77. The van der Waals surface area contributed by atoms with E-state index in [4.69, 9.17) is 9.47 Å². The van der Waals surface area contributed by atoms with E-state index in [-0.39, 0.29) is 10.8 Å². The highest BCUT2D eigenvalue weighted by molar-refractivity contribution is 7.90. The molecule has 0 saturated heterocycles. The van der Waals surface area contributed by atoms with E-state index in [1.807, 2.05) is 31.2 Å². The number of rotatable bonds is 7. The van der Waals surface area contributed by atoms with Crippen LogP contribution < -0.4 is 14.8 Å². The molecule has 0 aromatic heterocycles. The Labute approximate surface area is 170 Å². The van der Waals surface area contributed by atoms with Crippen molar-refractivity contribution < 1.29 is 22.7 Å². The Balaban J connectivity index is 1.62. The second kappa shape index (κ2) is 8.79. The van der Waals surface area contributed by atoms with Gasteiger partial charge in [0.25, 0.3) is 5.91 Å². The largest absolute Gasteiger partial charge is 0.494 e. The molecule has 0 atom stereocenters. The number of benzene rings is 3. The first-order chi connectivity index (χ1) is 13.8. The van der Waals surface area contributed by atoms with Gasteiger partial charge in [0.2, 0.25) is 0 Å². The number of hydrogen-bond acceptors (Lipinski definition) is 5. The monoisotopic (exact) mass is 411 g/mol. The van der Waals surface area contributed by atoms with Crippen LogP contribution in [0.4, 0.5) is 5.69 Å². The van der Waals surface area contributed by atoms with Crippen LogP contribution in [0.1, 0.15) is 17.3 Å². The lowest BCUT2D eigenvalue weighted by Gasteiger charge is -2.09. The Kier molecular flexibility index (Phi) is 6.19. The molecule has 0 aliphatic rings. The Bertz CT molecular complexity index is 1070. The summed E-state index contributed by atoms with van der Waals surface area (Å²) < 4.78 is 34.2. The highest BCUT2D eigenvalue weighted by atomic mass is 32.2. The van der Waals surface area contributed by atoms with Gasteiger partial charge in [-0.25, -0.2) is 8.42 Å². The Morgan fingerprint density at radius 3 is 1.86 bits per heavy atom. The molecule has 3 aromatic carbocycles. The average molecular weight is 411 g/mol. The maximum atomic E-state index is 12.3. The van der Waals surface area contributed by atoms with Gasteiger partial charge in [0.1, 0.15) is 17.2 Å². The van der Waals surface area contributed by atoms with Gasteiger partial charge in [-0.1, -0.05) is 0 Å². The first kappa shape index (κ1) is 20.4. The van der Waals surface area contributed by atoms with Crippen LogP contribution in [-0.2, 0) is 9.84 Å². The fraction of sp³-hybridized carbons (Fsp3) is 0.136. The second-order valence-electron chi connectivity index (χ2n) is 6.28. The summed E-state index contributed by atoms with van der Waals surface area (Å²) in [7, 11) is -3.29. The van der Waals surface area contributed by atoms with Gasteiger partial charge in [0.15, 0.2) is 9.84 Å². The summed E-state index contributed by atoms with van der Waals surface area (Å²) in [6.45, 7) is 2.53. The molecule has 6 nitrogen and oxygen atoms in total. The molecule has 1 amide bonds. The highest BCUT2D eigenvalue weighted by Crippen LogP contribution is 2.25. The second-order valence-corrected chi connectivity index (χ2v) is 8.30. The fourth-order valence-corrected chi connectivity index (χ4v) is 3.20. The van der Waals surface area contributed by atoms with Gasteiger partial charge in [0, 0.05) is 17.5 Å². The lowest BCUT2D eigenvalue weighted by molar-refractivity contribution is 0.102. The summed E-state index contributed by atoms with van der Waals surface area (Å²) in [5.41, 5.74) is 0.966. The molecule has 3 aromatic rings. The quantitative estimate of drug-likeness (QED) is 0.618. The summed E-state index contributed by atoms with van der Waals surface area (Å²) >= 11 is 0. The standard InChI is InChI=1S/C22H21NO5S/c1-3-27-18-10-12-20(13-11-18)28-19-8-6-17(7-9-19)23-22(24)16-4-14-21(15-5-16)29(2,25)26/h4-15H,3H2,1-2H3,(H,23,24). The Morgan fingerprint density at radius 2 is 1.34 bits per heavy atom. The van der Waals surface area contributed by atoms with Crippen molar-refractivity contribution >= 4 is 21.4 Å². The maximum Gasteiger partial charge on any atom is 0.255 e. The molecule has 0 bridgehead atoms. The fourth-order valence-electron chi connectivity index (χ4n) is 2.57. The van der Waals surface area contributed by atoms with Gasteiger partial charge in [-0.15, -0.1) is 0 Å². The molecular weight excluding hydrogens is 390 g/mol. The van der Waals surface area contributed by atoms with E-state index < -0.39 is 9.84 Å². The molecule has 0 unspecified atom stereocenters. The number of amides is 1. The minimum absolute atomic E-state index is 0.171. The molecular formula is C22H21NO5S. The van der Waals surface area contributed by atoms with Gasteiger partial charge < -0.3 is 14.8 Å². The van der Waals surface area contributed by atoms with Crippen molar-refractivity contribution in [3.63, 3.8) is 0 Å². The first-order valence-electron chi connectivity index (χ1n) is 8.97. The van der Waals surface area contributed by atoms with E-state index in [1.165, 1.54) is 24.3 Å². The zero-order valence-corrected chi connectivity index (χ0v) is 16.9. The van der Waals surface area contributed by atoms with Gasteiger partial charge in [-0.2, -0.15) is 0 Å². The van der Waals surface area contributed by atoms with Crippen molar-refractivity contribution in [3.05, 3.63) is 78.4 Å². The maximum absolute atomic E-state index is 12.3. The number of nitrogens with one attached hydrogen (secondary N) is 1. The SMILES string of the molecule is CCOc1ccc(Oc2ccc(NC(=O)c3ccc(S(C)(=O)=O)cc3)cc2)cc1. The summed E-state index contributed by atoms with van der Waals surface area (Å²) in [4.78, 5) is 12.5. The third kappa shape index (κ3) is 5.58. The van der Waals surface area contributed by atoms with E-state index in [2.05, 4.69) is 5.32 Å². The van der Waals surface area contributed by atoms with Crippen molar-refractivity contribution in [1.29, 1.82) is 0 Å². The average Bonchev–Trinajstić information content (AvgIpc) is 2.70. The van der Waals surface area contributed by atoms with Crippen LogP contribution in [-0.4, -0.2) is 27.2 Å². The minimum atomic E-state index is -3.29. The number of carbonyl (C=O) groups excluding carboxylic acids is 1. The van der Waals surface area contributed by atoms with Gasteiger partial charge in [-0.3, -0.25) is 4.79 Å². The normalized spacial score (nSPS) is 11.0. The summed E-state index contributed by atoms with van der Waals surface area (Å²) in [6.07, 6.45) is 1.12. The van der Waals surface area contributed by atoms with Crippen LogP contribution in [0, 0.1) is 0 Å². The zero-order chi connectivity index (χ0) is 20.9. The molecule has 7 heteroatoms. The number of sulfone groups is 1. The lowest BCUT2D eigenvalue weighted by atomic mass is 10.2. The topological polar surface area (TPSA) is 81.7 Å². The van der Waals surface area contributed by atoms with Gasteiger partial charge in [0.05, 0.1) is 11.5 Å². The smallest absolute Gasteiger partial charge is 0.255 e.